The number of thioether (sulfide) groups is 1. The van der Waals surface area contributed by atoms with Crippen molar-refractivity contribution in [2.24, 2.45) is 0 Å². The molecular weight excluding hydrogens is 176 g/mol. The summed E-state index contributed by atoms with van der Waals surface area (Å²) in [5.41, 5.74) is 0. The van der Waals surface area contributed by atoms with Gasteiger partial charge in [0.05, 0.1) is 7.11 Å². The Morgan fingerprint density at radius 2 is 2.67 bits per heavy atom. The molecule has 1 aliphatic heterocycles. The van der Waals surface area contributed by atoms with Crippen molar-refractivity contribution in [2.75, 3.05) is 31.7 Å². The van der Waals surface area contributed by atoms with Crippen LogP contribution < -0.4 is 10.6 Å². The lowest BCUT2D eigenvalue weighted by molar-refractivity contribution is 0.170. The monoisotopic (exact) mass is 190 g/mol. The van der Waals surface area contributed by atoms with Gasteiger partial charge in [0.15, 0.2) is 0 Å². The van der Waals surface area contributed by atoms with Crippen LogP contribution in [0.25, 0.3) is 0 Å². The fraction of sp³-hybridized carbons (Fsp3) is 0.857. The summed E-state index contributed by atoms with van der Waals surface area (Å²) in [6, 6.07) is 0.392. The van der Waals surface area contributed by atoms with Crippen molar-refractivity contribution in [1.82, 2.24) is 10.6 Å². The number of alkyl carbamates (subject to hydrolysis) is 1. The molecule has 1 saturated heterocycles. The molecule has 0 saturated carbocycles. The van der Waals surface area contributed by atoms with E-state index >= 15 is 0 Å². The van der Waals surface area contributed by atoms with Gasteiger partial charge in [-0.2, -0.15) is 11.8 Å². The summed E-state index contributed by atoms with van der Waals surface area (Å²) in [5.74, 6) is 2.22. The van der Waals surface area contributed by atoms with Crippen LogP contribution in [0, 0.1) is 0 Å². The minimum atomic E-state index is -0.354. The maximum atomic E-state index is 10.7. The molecule has 1 fully saturated rings. The number of rotatable bonds is 2. The van der Waals surface area contributed by atoms with E-state index in [0.717, 1.165) is 18.1 Å². The maximum Gasteiger partial charge on any atom is 0.406 e. The molecule has 1 unspecified atom stereocenters. The molecule has 5 heteroatoms. The van der Waals surface area contributed by atoms with Gasteiger partial charge in [-0.25, -0.2) is 4.79 Å². The van der Waals surface area contributed by atoms with Gasteiger partial charge in [-0.1, -0.05) is 0 Å². The van der Waals surface area contributed by atoms with Crippen LogP contribution in [0.1, 0.15) is 0 Å². The van der Waals surface area contributed by atoms with Crippen molar-refractivity contribution in [3.8, 4) is 0 Å². The second kappa shape index (κ2) is 5.27. The number of hydrogen-bond acceptors (Lipinski definition) is 4. The predicted molar refractivity (Wildman–Crippen MR) is 49.5 cm³/mol. The first-order valence-corrected chi connectivity index (χ1v) is 5.11. The Morgan fingerprint density at radius 3 is 3.25 bits per heavy atom. The van der Waals surface area contributed by atoms with E-state index in [9.17, 15) is 4.79 Å². The van der Waals surface area contributed by atoms with Gasteiger partial charge in [-0.15, -0.1) is 0 Å². The SMILES string of the molecule is COC(=O)NCC1CSCCN1. The van der Waals surface area contributed by atoms with Crippen molar-refractivity contribution in [1.29, 1.82) is 0 Å². The highest BCUT2D eigenvalue weighted by molar-refractivity contribution is 7.99. The van der Waals surface area contributed by atoms with E-state index in [4.69, 9.17) is 0 Å². The second-order valence-corrected chi connectivity index (χ2v) is 3.75. The Bertz CT molecular complexity index is 148. The fourth-order valence-corrected chi connectivity index (χ4v) is 1.98. The van der Waals surface area contributed by atoms with Crippen LogP contribution in [0.4, 0.5) is 4.79 Å². The molecule has 0 spiro atoms. The minimum Gasteiger partial charge on any atom is -0.453 e. The predicted octanol–water partition coefficient (Wildman–Crippen LogP) is 0.0474. The molecular formula is C7H14N2O2S. The van der Waals surface area contributed by atoms with Gasteiger partial charge in [-0.3, -0.25) is 0 Å². The Balaban J connectivity index is 2.09. The molecule has 0 radical (unpaired) electrons. The molecule has 1 aliphatic rings. The fourth-order valence-electron chi connectivity index (χ4n) is 1.03. The number of nitrogens with one attached hydrogen (secondary N) is 2. The average molecular weight is 190 g/mol. The standard InChI is InChI=1S/C7H14N2O2S/c1-11-7(10)9-4-6-5-12-3-2-8-6/h6,8H,2-5H2,1H3,(H,9,10). The Morgan fingerprint density at radius 1 is 1.83 bits per heavy atom. The van der Waals surface area contributed by atoms with Gasteiger partial charge in [0.25, 0.3) is 0 Å². The highest BCUT2D eigenvalue weighted by Crippen LogP contribution is 2.06. The first-order valence-electron chi connectivity index (χ1n) is 3.96. The van der Waals surface area contributed by atoms with E-state index in [1.807, 2.05) is 11.8 Å². The van der Waals surface area contributed by atoms with Crippen molar-refractivity contribution >= 4 is 17.9 Å². The van der Waals surface area contributed by atoms with E-state index in [2.05, 4.69) is 15.4 Å². The van der Waals surface area contributed by atoms with Crippen LogP contribution in [0.15, 0.2) is 0 Å². The van der Waals surface area contributed by atoms with Crippen LogP contribution in [-0.2, 0) is 4.74 Å². The van der Waals surface area contributed by atoms with E-state index in [1.54, 1.807) is 0 Å². The van der Waals surface area contributed by atoms with Crippen LogP contribution in [0.2, 0.25) is 0 Å². The number of methoxy groups -OCH3 is 1. The van der Waals surface area contributed by atoms with E-state index < -0.39 is 0 Å². The molecule has 0 aliphatic carbocycles. The van der Waals surface area contributed by atoms with Gasteiger partial charge in [-0.05, 0) is 0 Å². The first kappa shape index (κ1) is 9.67. The summed E-state index contributed by atoms with van der Waals surface area (Å²) in [6.07, 6.45) is -0.354. The molecule has 1 heterocycles. The van der Waals surface area contributed by atoms with Crippen molar-refractivity contribution in [3.05, 3.63) is 0 Å². The summed E-state index contributed by atoms with van der Waals surface area (Å²) in [4.78, 5) is 10.7. The van der Waals surface area contributed by atoms with Crippen LogP contribution in [0.5, 0.6) is 0 Å². The number of hydrogen-bond donors (Lipinski definition) is 2. The topological polar surface area (TPSA) is 50.4 Å². The molecule has 1 atom stereocenters. The van der Waals surface area contributed by atoms with Crippen molar-refractivity contribution in [2.45, 2.75) is 6.04 Å². The van der Waals surface area contributed by atoms with Crippen LogP contribution in [-0.4, -0.2) is 43.8 Å². The Labute approximate surface area is 76.4 Å². The molecule has 70 valence electrons. The molecule has 0 aromatic heterocycles. The highest BCUT2D eigenvalue weighted by Gasteiger charge is 2.13. The van der Waals surface area contributed by atoms with E-state index in [0.29, 0.717) is 12.6 Å². The van der Waals surface area contributed by atoms with Crippen LogP contribution in [0.3, 0.4) is 0 Å². The maximum absolute atomic E-state index is 10.7. The molecule has 0 aromatic carbocycles. The molecule has 1 rings (SSSR count). The molecule has 0 aromatic rings. The quantitative estimate of drug-likeness (QED) is 0.646. The number of amides is 1. The molecule has 2 N–H and O–H groups in total. The normalized spacial score (nSPS) is 23.2. The zero-order chi connectivity index (χ0) is 8.81. The Hall–Kier alpha value is -0.420. The van der Waals surface area contributed by atoms with E-state index in [-0.39, 0.29) is 6.09 Å². The van der Waals surface area contributed by atoms with Gasteiger partial charge in [0, 0.05) is 30.6 Å². The smallest absolute Gasteiger partial charge is 0.406 e. The third kappa shape index (κ3) is 3.32. The third-order valence-electron chi connectivity index (χ3n) is 1.68. The molecule has 12 heavy (non-hydrogen) atoms. The summed E-state index contributed by atoms with van der Waals surface area (Å²) in [6.45, 7) is 1.68. The number of ether oxygens (including phenoxy) is 1. The summed E-state index contributed by atoms with van der Waals surface area (Å²) in [5, 5.41) is 5.97. The second-order valence-electron chi connectivity index (χ2n) is 2.60. The molecule has 0 bridgehead atoms. The summed E-state index contributed by atoms with van der Waals surface area (Å²) >= 11 is 1.91. The zero-order valence-corrected chi connectivity index (χ0v) is 7.95. The number of carbonyl (C=O) groups is 1. The van der Waals surface area contributed by atoms with Crippen molar-refractivity contribution < 1.29 is 9.53 Å². The van der Waals surface area contributed by atoms with Gasteiger partial charge >= 0.3 is 6.09 Å². The van der Waals surface area contributed by atoms with Gasteiger partial charge in [0.1, 0.15) is 0 Å². The largest absolute Gasteiger partial charge is 0.453 e. The molecule has 4 nitrogen and oxygen atoms in total. The average Bonchev–Trinajstić information content (AvgIpc) is 2.16. The van der Waals surface area contributed by atoms with Crippen LogP contribution >= 0.6 is 11.8 Å². The zero-order valence-electron chi connectivity index (χ0n) is 7.13. The lowest BCUT2D eigenvalue weighted by Gasteiger charge is -2.22. The lowest BCUT2D eigenvalue weighted by Crippen LogP contribution is -2.45. The summed E-state index contributed by atoms with van der Waals surface area (Å²) < 4.78 is 4.46. The minimum absolute atomic E-state index is 0.354. The van der Waals surface area contributed by atoms with Gasteiger partial charge in [0.2, 0.25) is 0 Å². The Kier molecular flexibility index (Phi) is 4.24. The highest BCUT2D eigenvalue weighted by atomic mass is 32.2. The third-order valence-corrected chi connectivity index (χ3v) is 2.81. The van der Waals surface area contributed by atoms with Crippen molar-refractivity contribution in [3.63, 3.8) is 0 Å². The molecule has 1 amide bonds. The van der Waals surface area contributed by atoms with E-state index in [1.165, 1.54) is 7.11 Å². The summed E-state index contributed by atoms with van der Waals surface area (Å²) in [7, 11) is 1.37. The number of carbonyl (C=O) groups excluding carboxylic acids is 1. The lowest BCUT2D eigenvalue weighted by atomic mass is 10.3. The van der Waals surface area contributed by atoms with Gasteiger partial charge < -0.3 is 15.4 Å². The first-order chi connectivity index (χ1) is 5.83.